The van der Waals surface area contributed by atoms with E-state index < -0.39 is 0 Å². The standard InChI is InChI=1S/C24H27N3O3/c1-17-9-10-21-19(13-17)14-20(23(28)25-21)16-27(24(29)26-11-5-6-12-26)15-18-7-3-4-8-22(18)30-2/h3-4,7-10,13-14H,5-6,11-12,15-16H2,1-2H3,(H,25,28). The van der Waals surface area contributed by atoms with Gasteiger partial charge in [-0.05, 0) is 49.4 Å². The zero-order valence-corrected chi connectivity index (χ0v) is 17.5. The highest BCUT2D eigenvalue weighted by Gasteiger charge is 2.25. The number of amides is 2. The van der Waals surface area contributed by atoms with Gasteiger partial charge in [0.2, 0.25) is 0 Å². The summed E-state index contributed by atoms with van der Waals surface area (Å²) in [5.41, 5.74) is 3.26. The van der Waals surface area contributed by atoms with E-state index in [0.717, 1.165) is 53.7 Å². The highest BCUT2D eigenvalue weighted by atomic mass is 16.5. The predicted octanol–water partition coefficient (Wildman–Crippen LogP) is 4.06. The van der Waals surface area contributed by atoms with E-state index in [2.05, 4.69) is 4.98 Å². The van der Waals surface area contributed by atoms with E-state index in [-0.39, 0.29) is 18.1 Å². The second-order valence-electron chi connectivity index (χ2n) is 7.86. The van der Waals surface area contributed by atoms with Gasteiger partial charge in [-0.1, -0.05) is 29.8 Å². The maximum atomic E-state index is 13.3. The molecule has 2 aromatic carbocycles. The van der Waals surface area contributed by atoms with Crippen molar-refractivity contribution in [3.8, 4) is 5.75 Å². The number of hydrogen-bond donors (Lipinski definition) is 1. The van der Waals surface area contributed by atoms with E-state index in [9.17, 15) is 9.59 Å². The summed E-state index contributed by atoms with van der Waals surface area (Å²) in [7, 11) is 1.63. The molecule has 0 saturated carbocycles. The number of aryl methyl sites for hydroxylation is 1. The van der Waals surface area contributed by atoms with Gasteiger partial charge in [0.25, 0.3) is 5.56 Å². The lowest BCUT2D eigenvalue weighted by atomic mass is 10.1. The molecule has 2 amide bonds. The van der Waals surface area contributed by atoms with Gasteiger partial charge in [0.1, 0.15) is 5.75 Å². The monoisotopic (exact) mass is 405 g/mol. The number of benzene rings is 2. The molecule has 1 saturated heterocycles. The van der Waals surface area contributed by atoms with Gasteiger partial charge < -0.3 is 19.5 Å². The van der Waals surface area contributed by atoms with Gasteiger partial charge in [0.05, 0.1) is 20.2 Å². The molecule has 6 heteroatoms. The van der Waals surface area contributed by atoms with Crippen LogP contribution in [0.2, 0.25) is 0 Å². The Balaban J connectivity index is 1.68. The van der Waals surface area contributed by atoms with E-state index >= 15 is 0 Å². The lowest BCUT2D eigenvalue weighted by molar-refractivity contribution is 0.156. The SMILES string of the molecule is COc1ccccc1CN(Cc1cc2cc(C)ccc2[nH]c1=O)C(=O)N1CCCC1. The molecule has 0 aliphatic carbocycles. The van der Waals surface area contributed by atoms with Crippen molar-refractivity contribution in [2.75, 3.05) is 20.2 Å². The summed E-state index contributed by atoms with van der Waals surface area (Å²) in [5, 5.41) is 0.968. The van der Waals surface area contributed by atoms with Crippen LogP contribution in [0.1, 0.15) is 29.5 Å². The van der Waals surface area contributed by atoms with Crippen molar-refractivity contribution in [2.45, 2.75) is 32.9 Å². The maximum absolute atomic E-state index is 13.3. The molecule has 0 bridgehead atoms. The Morgan fingerprint density at radius 2 is 1.80 bits per heavy atom. The number of urea groups is 1. The minimum atomic E-state index is -0.161. The van der Waals surface area contributed by atoms with Crippen molar-refractivity contribution in [1.82, 2.24) is 14.8 Å². The number of nitrogens with one attached hydrogen (secondary N) is 1. The zero-order valence-electron chi connectivity index (χ0n) is 17.5. The average molecular weight is 405 g/mol. The minimum Gasteiger partial charge on any atom is -0.496 e. The topological polar surface area (TPSA) is 65.6 Å². The Morgan fingerprint density at radius 1 is 1.07 bits per heavy atom. The van der Waals surface area contributed by atoms with Crippen molar-refractivity contribution in [3.05, 3.63) is 75.6 Å². The predicted molar refractivity (Wildman–Crippen MR) is 118 cm³/mol. The van der Waals surface area contributed by atoms with Gasteiger partial charge in [0, 0.05) is 29.7 Å². The van der Waals surface area contributed by atoms with Crippen molar-refractivity contribution >= 4 is 16.9 Å². The maximum Gasteiger partial charge on any atom is 0.320 e. The number of aromatic amines is 1. The Labute approximate surface area is 176 Å². The molecule has 1 aliphatic heterocycles. The van der Waals surface area contributed by atoms with Crippen LogP contribution < -0.4 is 10.3 Å². The lowest BCUT2D eigenvalue weighted by Crippen LogP contribution is -2.41. The van der Waals surface area contributed by atoms with E-state index in [0.29, 0.717) is 12.1 Å². The number of methoxy groups -OCH3 is 1. The number of ether oxygens (including phenoxy) is 1. The molecule has 0 radical (unpaired) electrons. The van der Waals surface area contributed by atoms with Gasteiger partial charge in [-0.25, -0.2) is 4.79 Å². The van der Waals surface area contributed by atoms with Crippen LogP contribution >= 0.6 is 0 Å². The average Bonchev–Trinajstić information content (AvgIpc) is 3.29. The summed E-state index contributed by atoms with van der Waals surface area (Å²) in [4.78, 5) is 32.6. The summed E-state index contributed by atoms with van der Waals surface area (Å²) in [6.07, 6.45) is 2.04. The fourth-order valence-corrected chi connectivity index (χ4v) is 4.03. The van der Waals surface area contributed by atoms with Crippen LogP contribution in [0.5, 0.6) is 5.75 Å². The molecule has 2 heterocycles. The molecule has 1 aromatic heterocycles. The number of likely N-dealkylation sites (tertiary alicyclic amines) is 1. The third-order valence-corrected chi connectivity index (χ3v) is 5.64. The zero-order chi connectivity index (χ0) is 21.1. The smallest absolute Gasteiger partial charge is 0.320 e. The van der Waals surface area contributed by atoms with E-state index in [1.807, 2.05) is 60.4 Å². The lowest BCUT2D eigenvalue weighted by Gasteiger charge is -2.28. The van der Waals surface area contributed by atoms with Crippen molar-refractivity contribution in [1.29, 1.82) is 0 Å². The van der Waals surface area contributed by atoms with Crippen LogP contribution in [-0.4, -0.2) is 41.0 Å². The van der Waals surface area contributed by atoms with E-state index in [1.54, 1.807) is 12.0 Å². The Bertz CT molecular complexity index is 1120. The van der Waals surface area contributed by atoms with Crippen LogP contribution in [-0.2, 0) is 13.1 Å². The van der Waals surface area contributed by atoms with Crippen molar-refractivity contribution in [2.24, 2.45) is 0 Å². The first-order chi connectivity index (χ1) is 14.5. The number of H-pyrrole nitrogens is 1. The largest absolute Gasteiger partial charge is 0.496 e. The van der Waals surface area contributed by atoms with Crippen LogP contribution in [0.4, 0.5) is 4.79 Å². The first-order valence-electron chi connectivity index (χ1n) is 10.3. The summed E-state index contributed by atoms with van der Waals surface area (Å²) in [5.74, 6) is 0.736. The quantitative estimate of drug-likeness (QED) is 0.696. The van der Waals surface area contributed by atoms with Gasteiger partial charge in [-0.2, -0.15) is 0 Å². The number of carbonyl (C=O) groups excluding carboxylic acids is 1. The Morgan fingerprint density at radius 3 is 2.57 bits per heavy atom. The van der Waals surface area contributed by atoms with Crippen molar-refractivity contribution in [3.63, 3.8) is 0 Å². The Hall–Kier alpha value is -3.28. The third kappa shape index (κ3) is 4.17. The summed E-state index contributed by atoms with van der Waals surface area (Å²) < 4.78 is 5.48. The van der Waals surface area contributed by atoms with Crippen LogP contribution in [0, 0.1) is 6.92 Å². The van der Waals surface area contributed by atoms with Crippen LogP contribution in [0.15, 0.2) is 53.3 Å². The first kappa shape index (κ1) is 20.0. The molecule has 1 aliphatic rings. The van der Waals surface area contributed by atoms with Gasteiger partial charge >= 0.3 is 6.03 Å². The van der Waals surface area contributed by atoms with E-state index in [4.69, 9.17) is 4.74 Å². The molecular formula is C24H27N3O3. The molecular weight excluding hydrogens is 378 g/mol. The Kier molecular flexibility index (Phi) is 5.74. The number of fused-ring (bicyclic) bond motifs is 1. The normalized spacial score (nSPS) is 13.6. The molecule has 6 nitrogen and oxygen atoms in total. The second-order valence-corrected chi connectivity index (χ2v) is 7.86. The highest BCUT2D eigenvalue weighted by molar-refractivity contribution is 5.80. The number of hydrogen-bond acceptors (Lipinski definition) is 3. The molecule has 1 N–H and O–H groups in total. The number of pyridine rings is 1. The fraction of sp³-hybridized carbons (Fsp3) is 0.333. The number of carbonyl (C=O) groups is 1. The number of aromatic nitrogens is 1. The summed E-state index contributed by atoms with van der Waals surface area (Å²) >= 11 is 0. The van der Waals surface area contributed by atoms with Crippen molar-refractivity contribution < 1.29 is 9.53 Å². The molecule has 156 valence electrons. The first-order valence-corrected chi connectivity index (χ1v) is 10.3. The number of rotatable bonds is 5. The van der Waals surface area contributed by atoms with Gasteiger partial charge in [0.15, 0.2) is 0 Å². The third-order valence-electron chi connectivity index (χ3n) is 5.64. The summed E-state index contributed by atoms with van der Waals surface area (Å²) in [6, 6.07) is 15.5. The fourth-order valence-electron chi connectivity index (χ4n) is 4.03. The van der Waals surface area contributed by atoms with Gasteiger partial charge in [-0.3, -0.25) is 4.79 Å². The van der Waals surface area contributed by atoms with Gasteiger partial charge in [-0.15, -0.1) is 0 Å². The van der Waals surface area contributed by atoms with Crippen LogP contribution in [0.3, 0.4) is 0 Å². The highest BCUT2D eigenvalue weighted by Crippen LogP contribution is 2.22. The van der Waals surface area contributed by atoms with Crippen LogP contribution in [0.25, 0.3) is 10.9 Å². The molecule has 4 rings (SSSR count). The number of para-hydroxylation sites is 1. The van der Waals surface area contributed by atoms with E-state index in [1.165, 1.54) is 0 Å². The molecule has 30 heavy (non-hydrogen) atoms. The second kappa shape index (κ2) is 8.61. The molecule has 1 fully saturated rings. The number of nitrogens with zero attached hydrogens (tertiary/aromatic N) is 2. The minimum absolute atomic E-state index is 0.0397. The molecule has 0 spiro atoms. The molecule has 3 aromatic rings. The molecule has 0 unspecified atom stereocenters. The molecule has 0 atom stereocenters. The summed E-state index contributed by atoms with van der Waals surface area (Å²) in [6.45, 7) is 4.16.